The van der Waals surface area contributed by atoms with Crippen molar-refractivity contribution in [2.24, 2.45) is 5.10 Å². The molecular weight excluding hydrogens is 390 g/mol. The van der Waals surface area contributed by atoms with Gasteiger partial charge < -0.3 is 15.2 Å². The Morgan fingerprint density at radius 2 is 1.86 bits per heavy atom. The van der Waals surface area contributed by atoms with Gasteiger partial charge in [0.1, 0.15) is 6.61 Å². The summed E-state index contributed by atoms with van der Waals surface area (Å²) >= 11 is 6.15. The van der Waals surface area contributed by atoms with Crippen molar-refractivity contribution in [3.63, 3.8) is 0 Å². The van der Waals surface area contributed by atoms with Gasteiger partial charge in [-0.25, -0.2) is 5.43 Å². The highest BCUT2D eigenvalue weighted by Gasteiger charge is 2.07. The molecule has 0 aromatic heterocycles. The van der Waals surface area contributed by atoms with Gasteiger partial charge in [-0.05, 0) is 54.1 Å². The number of nitrogens with two attached hydrogens (primary N) is 1. The minimum atomic E-state index is -0.326. The Bertz CT molecular complexity index is 1020. The Morgan fingerprint density at radius 3 is 2.59 bits per heavy atom. The van der Waals surface area contributed by atoms with Crippen molar-refractivity contribution in [3.05, 3.63) is 88.4 Å². The molecule has 0 saturated carbocycles. The van der Waals surface area contributed by atoms with Crippen LogP contribution >= 0.6 is 11.6 Å². The lowest BCUT2D eigenvalue weighted by atomic mass is 10.2. The maximum atomic E-state index is 12.0. The van der Waals surface area contributed by atoms with Crippen molar-refractivity contribution in [1.29, 1.82) is 0 Å². The van der Waals surface area contributed by atoms with E-state index in [1.807, 2.05) is 30.3 Å². The molecule has 148 valence electrons. The number of nitrogens with zero attached hydrogens (tertiary/aromatic N) is 1. The third-order valence-corrected chi connectivity index (χ3v) is 4.45. The number of methoxy groups -OCH3 is 1. The Labute approximate surface area is 173 Å². The molecule has 0 aliphatic heterocycles. The number of halogens is 1. The Kier molecular flexibility index (Phi) is 6.71. The zero-order chi connectivity index (χ0) is 20.6. The van der Waals surface area contributed by atoms with E-state index in [0.717, 1.165) is 11.1 Å². The summed E-state index contributed by atoms with van der Waals surface area (Å²) < 4.78 is 11.2. The summed E-state index contributed by atoms with van der Waals surface area (Å²) in [6, 6.07) is 19.4. The number of carbonyl (C=O) groups is 1. The van der Waals surface area contributed by atoms with E-state index >= 15 is 0 Å². The fourth-order valence-electron chi connectivity index (χ4n) is 2.52. The van der Waals surface area contributed by atoms with Crippen LogP contribution in [0.4, 0.5) is 5.69 Å². The first-order valence-electron chi connectivity index (χ1n) is 8.80. The molecule has 7 heteroatoms. The fraction of sp³-hybridized carbons (Fsp3) is 0.0909. The van der Waals surface area contributed by atoms with E-state index in [1.165, 1.54) is 6.21 Å². The Balaban J connectivity index is 1.63. The number of hydrogen-bond donors (Lipinski definition) is 2. The van der Waals surface area contributed by atoms with E-state index in [1.54, 1.807) is 43.5 Å². The van der Waals surface area contributed by atoms with Crippen LogP contribution in [0.5, 0.6) is 11.5 Å². The van der Waals surface area contributed by atoms with Gasteiger partial charge in [0, 0.05) is 21.8 Å². The normalized spacial score (nSPS) is 10.7. The summed E-state index contributed by atoms with van der Waals surface area (Å²) in [6.45, 7) is 0.321. The Hall–Kier alpha value is -3.51. The number of nitrogens with one attached hydrogen (secondary N) is 1. The number of hydrazone groups is 1. The molecule has 0 saturated heterocycles. The molecule has 3 N–H and O–H groups in total. The SMILES string of the molecule is COc1cc(/C=N\NC(=O)c2ccc(N)cc2)ccc1OCc1ccccc1Cl. The van der Waals surface area contributed by atoms with Gasteiger partial charge in [-0.1, -0.05) is 29.8 Å². The number of anilines is 1. The lowest BCUT2D eigenvalue weighted by Gasteiger charge is -2.12. The number of carbonyl (C=O) groups excluding carboxylic acids is 1. The summed E-state index contributed by atoms with van der Waals surface area (Å²) in [5.74, 6) is 0.800. The number of benzene rings is 3. The Morgan fingerprint density at radius 1 is 1.10 bits per heavy atom. The second kappa shape index (κ2) is 9.61. The molecule has 0 spiro atoms. The van der Waals surface area contributed by atoms with Crippen molar-refractivity contribution in [3.8, 4) is 11.5 Å². The lowest BCUT2D eigenvalue weighted by molar-refractivity contribution is 0.0955. The fourth-order valence-corrected chi connectivity index (χ4v) is 2.71. The number of amides is 1. The van der Waals surface area contributed by atoms with Crippen LogP contribution in [0.2, 0.25) is 5.02 Å². The molecule has 3 rings (SSSR count). The van der Waals surface area contributed by atoms with Gasteiger partial charge in [-0.3, -0.25) is 4.79 Å². The number of ether oxygens (including phenoxy) is 2. The smallest absolute Gasteiger partial charge is 0.271 e. The number of nitrogen functional groups attached to an aromatic ring is 1. The first kappa shape index (κ1) is 20.2. The number of hydrogen-bond acceptors (Lipinski definition) is 5. The van der Waals surface area contributed by atoms with Gasteiger partial charge in [-0.2, -0.15) is 5.10 Å². The average molecular weight is 410 g/mol. The highest BCUT2D eigenvalue weighted by molar-refractivity contribution is 6.31. The summed E-state index contributed by atoms with van der Waals surface area (Å²) in [4.78, 5) is 12.0. The van der Waals surface area contributed by atoms with Crippen LogP contribution < -0.4 is 20.6 Å². The van der Waals surface area contributed by atoms with E-state index in [2.05, 4.69) is 10.5 Å². The summed E-state index contributed by atoms with van der Waals surface area (Å²) in [5.41, 5.74) is 10.8. The predicted molar refractivity (Wildman–Crippen MR) is 115 cm³/mol. The van der Waals surface area contributed by atoms with E-state index in [-0.39, 0.29) is 5.91 Å². The molecule has 1 amide bonds. The van der Waals surface area contributed by atoms with Gasteiger partial charge in [0.25, 0.3) is 5.91 Å². The van der Waals surface area contributed by atoms with Crippen LogP contribution in [-0.2, 0) is 6.61 Å². The minimum absolute atomic E-state index is 0.321. The standard InChI is InChI=1S/C22H20ClN3O3/c1-28-21-12-15(13-25-26-22(27)16-7-9-18(24)10-8-16)6-11-20(21)29-14-17-4-2-3-5-19(17)23/h2-13H,14,24H2,1H3,(H,26,27)/b25-13-. The van der Waals surface area contributed by atoms with Crippen LogP contribution in [0.1, 0.15) is 21.5 Å². The molecule has 29 heavy (non-hydrogen) atoms. The highest BCUT2D eigenvalue weighted by Crippen LogP contribution is 2.29. The second-order valence-corrected chi connectivity index (χ2v) is 6.52. The quantitative estimate of drug-likeness (QED) is 0.346. The maximum absolute atomic E-state index is 12.0. The molecule has 6 nitrogen and oxygen atoms in total. The summed E-state index contributed by atoms with van der Waals surface area (Å²) in [5, 5.41) is 4.63. The minimum Gasteiger partial charge on any atom is -0.493 e. The first-order chi connectivity index (χ1) is 14.1. The van der Waals surface area contributed by atoms with Crippen LogP contribution in [0, 0.1) is 0 Å². The topological polar surface area (TPSA) is 85.9 Å². The van der Waals surface area contributed by atoms with E-state index in [4.69, 9.17) is 26.8 Å². The van der Waals surface area contributed by atoms with Crippen molar-refractivity contribution in [2.45, 2.75) is 6.61 Å². The number of rotatable bonds is 7. The second-order valence-electron chi connectivity index (χ2n) is 6.11. The van der Waals surface area contributed by atoms with Gasteiger partial charge in [0.15, 0.2) is 11.5 Å². The van der Waals surface area contributed by atoms with Crippen LogP contribution in [0.15, 0.2) is 71.8 Å². The van der Waals surface area contributed by atoms with Crippen molar-refractivity contribution in [1.82, 2.24) is 5.43 Å². The largest absolute Gasteiger partial charge is 0.493 e. The maximum Gasteiger partial charge on any atom is 0.271 e. The molecule has 3 aromatic carbocycles. The summed E-state index contributed by atoms with van der Waals surface area (Å²) in [7, 11) is 1.56. The molecule has 0 unspecified atom stereocenters. The molecular formula is C22H20ClN3O3. The van der Waals surface area contributed by atoms with Crippen molar-refractivity contribution >= 4 is 29.4 Å². The van der Waals surface area contributed by atoms with Gasteiger partial charge in [0.2, 0.25) is 0 Å². The highest BCUT2D eigenvalue weighted by atomic mass is 35.5. The molecule has 0 heterocycles. The van der Waals surface area contributed by atoms with Gasteiger partial charge in [-0.15, -0.1) is 0 Å². The summed E-state index contributed by atoms with van der Waals surface area (Å²) in [6.07, 6.45) is 1.52. The molecule has 0 atom stereocenters. The zero-order valence-corrected chi connectivity index (χ0v) is 16.5. The first-order valence-corrected chi connectivity index (χ1v) is 9.18. The molecule has 0 aliphatic carbocycles. The van der Waals surface area contributed by atoms with Gasteiger partial charge >= 0.3 is 0 Å². The molecule has 0 fully saturated rings. The van der Waals surface area contributed by atoms with Crippen LogP contribution in [0.25, 0.3) is 0 Å². The van der Waals surface area contributed by atoms with Crippen molar-refractivity contribution in [2.75, 3.05) is 12.8 Å². The average Bonchev–Trinajstić information content (AvgIpc) is 2.74. The van der Waals surface area contributed by atoms with E-state index < -0.39 is 0 Å². The molecule has 0 aliphatic rings. The monoisotopic (exact) mass is 409 g/mol. The third-order valence-electron chi connectivity index (χ3n) is 4.08. The van der Waals surface area contributed by atoms with Crippen LogP contribution in [0.3, 0.4) is 0 Å². The molecule has 0 bridgehead atoms. The lowest BCUT2D eigenvalue weighted by Crippen LogP contribution is -2.17. The molecule has 3 aromatic rings. The van der Waals surface area contributed by atoms with E-state index in [0.29, 0.717) is 34.4 Å². The van der Waals surface area contributed by atoms with Gasteiger partial charge in [0.05, 0.1) is 13.3 Å². The molecule has 0 radical (unpaired) electrons. The van der Waals surface area contributed by atoms with E-state index in [9.17, 15) is 4.79 Å². The zero-order valence-electron chi connectivity index (χ0n) is 15.8. The van der Waals surface area contributed by atoms with Crippen LogP contribution in [-0.4, -0.2) is 19.2 Å². The third kappa shape index (κ3) is 5.49. The van der Waals surface area contributed by atoms with Crippen molar-refractivity contribution < 1.29 is 14.3 Å². The predicted octanol–water partition coefficient (Wildman–Crippen LogP) is 4.27.